The van der Waals surface area contributed by atoms with E-state index in [9.17, 15) is 49.1 Å². The number of nitrogens with zero attached hydrogens (tertiary/aromatic N) is 2. The fraction of sp³-hybridized carbons (Fsp3) is 0.462. The van der Waals surface area contributed by atoms with Crippen LogP contribution in [0.1, 0.15) is 60.9 Å². The number of benzene rings is 2. The molecular formula is C26H25F9N2O3. The van der Waals surface area contributed by atoms with Crippen LogP contribution in [0.2, 0.25) is 0 Å². The molecular weight excluding hydrogens is 559 g/mol. The summed E-state index contributed by atoms with van der Waals surface area (Å²) in [7, 11) is 0. The number of fused-ring (bicyclic) bond motifs is 1. The molecule has 1 heterocycles. The summed E-state index contributed by atoms with van der Waals surface area (Å²) in [4.78, 5) is 27.4. The Kier molecular flexibility index (Phi) is 8.70. The second-order valence-corrected chi connectivity index (χ2v) is 9.24. The van der Waals surface area contributed by atoms with Gasteiger partial charge in [-0.3, -0.25) is 9.69 Å². The molecule has 0 N–H and O–H groups in total. The number of rotatable bonds is 6. The van der Waals surface area contributed by atoms with Crippen LogP contribution in [0.25, 0.3) is 0 Å². The third-order valence-corrected chi connectivity index (χ3v) is 6.58. The lowest BCUT2D eigenvalue weighted by Crippen LogP contribution is -2.43. The van der Waals surface area contributed by atoms with Crippen LogP contribution in [0.5, 0.6) is 0 Å². The van der Waals surface area contributed by atoms with Gasteiger partial charge in [0.15, 0.2) is 0 Å². The first-order chi connectivity index (χ1) is 18.4. The van der Waals surface area contributed by atoms with Crippen molar-refractivity contribution < 1.29 is 53.8 Å². The summed E-state index contributed by atoms with van der Waals surface area (Å²) in [5.41, 5.74) is -4.50. The standard InChI is InChI=1S/C26H25F9N2O3/c1-4-21-20(19-11-16(24(27,28)29)6-7-22(19)37(21)23(39)40-5-2)13-36(14(3)38)12-15-8-17(25(30,31)32)10-18(9-15)26(33,34)35/h6-11,20-21H,4-5,12-13H2,1-3H3/t20-,21-/m1/s1. The molecule has 0 unspecified atom stereocenters. The molecule has 0 fully saturated rings. The molecule has 14 heteroatoms. The number of halogens is 9. The van der Waals surface area contributed by atoms with E-state index in [2.05, 4.69) is 0 Å². The number of ether oxygens (including phenoxy) is 1. The van der Waals surface area contributed by atoms with E-state index in [1.807, 2.05) is 0 Å². The van der Waals surface area contributed by atoms with Gasteiger partial charge in [0.25, 0.3) is 0 Å². The molecule has 220 valence electrons. The number of amides is 2. The number of carbonyl (C=O) groups is 2. The lowest BCUT2D eigenvalue weighted by atomic mass is 9.91. The van der Waals surface area contributed by atoms with Gasteiger partial charge in [0.05, 0.1) is 29.0 Å². The van der Waals surface area contributed by atoms with E-state index in [1.54, 1.807) is 6.92 Å². The van der Waals surface area contributed by atoms with Crippen molar-refractivity contribution in [3.8, 4) is 0 Å². The topological polar surface area (TPSA) is 49.9 Å². The van der Waals surface area contributed by atoms with Crippen molar-refractivity contribution in [2.45, 2.75) is 64.2 Å². The van der Waals surface area contributed by atoms with Crippen LogP contribution < -0.4 is 4.90 Å². The van der Waals surface area contributed by atoms with Gasteiger partial charge in [-0.25, -0.2) is 4.79 Å². The number of anilines is 1. The van der Waals surface area contributed by atoms with Gasteiger partial charge in [-0.1, -0.05) is 6.92 Å². The zero-order valence-electron chi connectivity index (χ0n) is 21.5. The molecule has 2 atom stereocenters. The van der Waals surface area contributed by atoms with Crippen molar-refractivity contribution in [3.05, 3.63) is 64.2 Å². The fourth-order valence-corrected chi connectivity index (χ4v) is 4.80. The average molecular weight is 584 g/mol. The molecule has 0 bridgehead atoms. The first-order valence-corrected chi connectivity index (χ1v) is 12.1. The molecule has 0 radical (unpaired) electrons. The summed E-state index contributed by atoms with van der Waals surface area (Å²) >= 11 is 0. The lowest BCUT2D eigenvalue weighted by molar-refractivity contribution is -0.143. The van der Waals surface area contributed by atoms with Gasteiger partial charge < -0.3 is 9.64 Å². The Morgan fingerprint density at radius 1 is 0.850 bits per heavy atom. The highest BCUT2D eigenvalue weighted by Gasteiger charge is 2.44. The van der Waals surface area contributed by atoms with Crippen LogP contribution in [-0.4, -0.2) is 36.1 Å². The molecule has 0 saturated heterocycles. The van der Waals surface area contributed by atoms with Crippen LogP contribution in [0.4, 0.5) is 50.0 Å². The average Bonchev–Trinajstić information content (AvgIpc) is 3.14. The minimum atomic E-state index is -5.11. The van der Waals surface area contributed by atoms with Gasteiger partial charge in [-0.05, 0) is 60.9 Å². The van der Waals surface area contributed by atoms with Gasteiger partial charge in [0, 0.05) is 32.0 Å². The van der Waals surface area contributed by atoms with Crippen LogP contribution in [0.15, 0.2) is 36.4 Å². The normalized spacial score (nSPS) is 17.6. The molecule has 5 nitrogen and oxygen atoms in total. The fourth-order valence-electron chi connectivity index (χ4n) is 4.80. The zero-order valence-corrected chi connectivity index (χ0v) is 21.5. The number of carbonyl (C=O) groups excluding carboxylic acids is 2. The summed E-state index contributed by atoms with van der Waals surface area (Å²) in [6, 6.07) is 2.81. The van der Waals surface area contributed by atoms with Gasteiger partial charge in [0.2, 0.25) is 5.91 Å². The maximum Gasteiger partial charge on any atom is 0.416 e. The Balaban J connectivity index is 2.08. The second kappa shape index (κ2) is 11.2. The number of hydrogen-bond acceptors (Lipinski definition) is 3. The van der Waals surface area contributed by atoms with E-state index in [0.29, 0.717) is 12.1 Å². The molecule has 0 saturated carbocycles. The van der Waals surface area contributed by atoms with Crippen molar-refractivity contribution in [1.29, 1.82) is 0 Å². The van der Waals surface area contributed by atoms with Gasteiger partial charge >= 0.3 is 24.6 Å². The highest BCUT2D eigenvalue weighted by molar-refractivity contribution is 5.92. The van der Waals surface area contributed by atoms with Crippen molar-refractivity contribution in [3.63, 3.8) is 0 Å². The first kappa shape index (κ1) is 31.1. The van der Waals surface area contributed by atoms with Crippen LogP contribution in [-0.2, 0) is 34.6 Å². The molecule has 40 heavy (non-hydrogen) atoms. The third-order valence-electron chi connectivity index (χ3n) is 6.58. The van der Waals surface area contributed by atoms with Crippen LogP contribution in [0, 0.1) is 0 Å². The van der Waals surface area contributed by atoms with E-state index >= 15 is 0 Å². The van der Waals surface area contributed by atoms with Crippen molar-refractivity contribution >= 4 is 17.7 Å². The van der Waals surface area contributed by atoms with Crippen molar-refractivity contribution in [2.75, 3.05) is 18.1 Å². The van der Waals surface area contributed by atoms with E-state index in [0.717, 1.165) is 34.9 Å². The summed E-state index contributed by atoms with van der Waals surface area (Å²) in [6.07, 6.45) is -15.6. The van der Waals surface area contributed by atoms with E-state index in [1.165, 1.54) is 6.92 Å². The predicted octanol–water partition coefficient (Wildman–Crippen LogP) is 7.63. The monoisotopic (exact) mass is 584 g/mol. The highest BCUT2D eigenvalue weighted by Crippen LogP contribution is 2.46. The van der Waals surface area contributed by atoms with Crippen molar-refractivity contribution in [2.24, 2.45) is 0 Å². The Morgan fingerprint density at radius 2 is 1.40 bits per heavy atom. The molecule has 2 amide bonds. The first-order valence-electron chi connectivity index (χ1n) is 12.1. The van der Waals surface area contributed by atoms with E-state index in [-0.39, 0.29) is 30.3 Å². The summed E-state index contributed by atoms with van der Waals surface area (Å²) in [5.74, 6) is -1.70. The van der Waals surface area contributed by atoms with Crippen molar-refractivity contribution in [1.82, 2.24) is 4.90 Å². The van der Waals surface area contributed by atoms with E-state index in [4.69, 9.17) is 4.74 Å². The molecule has 3 rings (SSSR count). The molecule has 2 aromatic carbocycles. The maximum absolute atomic E-state index is 13.5. The Labute approximate surface area is 223 Å². The minimum Gasteiger partial charge on any atom is -0.449 e. The SMILES string of the molecule is CCOC(=O)N1c2ccc(C(F)(F)F)cc2[C@@H](CN(Cc2cc(C(F)(F)F)cc(C(F)(F)F)c2)C(C)=O)[C@H]1CC. The third kappa shape index (κ3) is 6.64. The number of hydrogen-bond donors (Lipinski definition) is 0. The van der Waals surface area contributed by atoms with Crippen LogP contribution >= 0.6 is 0 Å². The molecule has 2 aromatic rings. The molecule has 0 aromatic heterocycles. The quantitative estimate of drug-likeness (QED) is 0.328. The Bertz CT molecular complexity index is 1220. The Morgan fingerprint density at radius 3 is 1.85 bits per heavy atom. The lowest BCUT2D eigenvalue weighted by Gasteiger charge is -2.31. The molecule has 1 aliphatic heterocycles. The van der Waals surface area contributed by atoms with Crippen LogP contribution in [0.3, 0.4) is 0 Å². The molecule has 0 aliphatic carbocycles. The maximum atomic E-state index is 13.5. The summed E-state index contributed by atoms with van der Waals surface area (Å²) in [6.45, 7) is 3.08. The largest absolute Gasteiger partial charge is 0.449 e. The predicted molar refractivity (Wildman–Crippen MR) is 125 cm³/mol. The molecule has 1 aliphatic rings. The summed E-state index contributed by atoms with van der Waals surface area (Å²) in [5, 5.41) is 0. The smallest absolute Gasteiger partial charge is 0.416 e. The number of alkyl halides is 9. The Hall–Kier alpha value is -3.45. The molecule has 0 spiro atoms. The van der Waals surface area contributed by atoms with E-state index < -0.39 is 77.8 Å². The summed E-state index contributed by atoms with van der Waals surface area (Å²) < 4.78 is 126. The van der Waals surface area contributed by atoms with Gasteiger partial charge in [0.1, 0.15) is 0 Å². The van der Waals surface area contributed by atoms with Gasteiger partial charge in [-0.15, -0.1) is 0 Å². The minimum absolute atomic E-state index is 0.0386. The highest BCUT2D eigenvalue weighted by atomic mass is 19.4. The zero-order chi connectivity index (χ0) is 30.2. The second-order valence-electron chi connectivity index (χ2n) is 9.24. The van der Waals surface area contributed by atoms with Gasteiger partial charge in [-0.2, -0.15) is 39.5 Å².